The van der Waals surface area contributed by atoms with Gasteiger partial charge in [-0.05, 0) is 26.2 Å². The van der Waals surface area contributed by atoms with Gasteiger partial charge in [0.1, 0.15) is 6.17 Å². The van der Waals surface area contributed by atoms with Crippen molar-refractivity contribution in [2.24, 2.45) is 11.8 Å². The number of hydrogen-bond donors (Lipinski definition) is 1. The van der Waals surface area contributed by atoms with Crippen LogP contribution in [0, 0.1) is 11.8 Å². The van der Waals surface area contributed by atoms with Gasteiger partial charge < -0.3 is 19.5 Å². The van der Waals surface area contributed by atoms with Gasteiger partial charge in [0.05, 0.1) is 43.3 Å². The summed E-state index contributed by atoms with van der Waals surface area (Å²) in [4.78, 5) is 25.3. The topological polar surface area (TPSA) is 76.1 Å². The number of carboxylic acids is 1. The fraction of sp³-hybridized carbons (Fsp3) is 0.867. The number of rotatable bonds is 3. The van der Waals surface area contributed by atoms with Crippen LogP contribution in [0.5, 0.6) is 0 Å². The summed E-state index contributed by atoms with van der Waals surface area (Å²) in [6.45, 7) is 4.96. The number of hydrogen-bond acceptors (Lipinski definition) is 4. The highest BCUT2D eigenvalue weighted by Gasteiger charge is 2.58. The monoisotopic (exact) mass is 315 g/mol. The molecule has 22 heavy (non-hydrogen) atoms. The van der Waals surface area contributed by atoms with Crippen LogP contribution in [0.2, 0.25) is 0 Å². The Kier molecular flexibility index (Phi) is 3.89. The summed E-state index contributed by atoms with van der Waals surface area (Å²) in [5.41, 5.74) is -0.575. The van der Waals surface area contributed by atoms with Crippen molar-refractivity contribution in [3.05, 3.63) is 0 Å². The Morgan fingerprint density at radius 3 is 2.68 bits per heavy atom. The molecule has 3 rings (SSSR count). The summed E-state index contributed by atoms with van der Waals surface area (Å²) in [6, 6.07) is -0.831. The molecule has 7 heteroatoms. The van der Waals surface area contributed by atoms with E-state index in [2.05, 4.69) is 0 Å². The molecule has 3 fully saturated rings. The van der Waals surface area contributed by atoms with Gasteiger partial charge in [-0.3, -0.25) is 9.59 Å². The number of alkyl halides is 1. The first-order chi connectivity index (χ1) is 10.3. The summed E-state index contributed by atoms with van der Waals surface area (Å²) in [7, 11) is 0. The normalized spacial score (nSPS) is 40.0. The number of aliphatic carboxylic acids is 1. The second kappa shape index (κ2) is 5.45. The fourth-order valence-corrected chi connectivity index (χ4v) is 4.02. The second-order valence-corrected chi connectivity index (χ2v) is 6.93. The maximum Gasteiger partial charge on any atom is 0.309 e. The number of fused-ring (bicyclic) bond motifs is 2. The highest BCUT2D eigenvalue weighted by atomic mass is 19.1. The lowest BCUT2D eigenvalue weighted by Crippen LogP contribution is -2.51. The van der Waals surface area contributed by atoms with Crippen LogP contribution in [0.15, 0.2) is 0 Å². The Morgan fingerprint density at radius 2 is 2.09 bits per heavy atom. The van der Waals surface area contributed by atoms with Crippen molar-refractivity contribution >= 4 is 11.9 Å². The first-order valence-corrected chi connectivity index (χ1v) is 7.73. The molecular formula is C15H22FNO5. The molecule has 6 nitrogen and oxygen atoms in total. The predicted octanol–water partition coefficient (Wildman–Crippen LogP) is 0.840. The molecular weight excluding hydrogens is 293 g/mol. The van der Waals surface area contributed by atoms with Crippen molar-refractivity contribution in [1.82, 2.24) is 4.90 Å². The fourth-order valence-electron chi connectivity index (χ4n) is 4.02. The van der Waals surface area contributed by atoms with Gasteiger partial charge in [0.25, 0.3) is 0 Å². The average molecular weight is 315 g/mol. The quantitative estimate of drug-likeness (QED) is 0.835. The molecule has 1 unspecified atom stereocenters. The van der Waals surface area contributed by atoms with Crippen LogP contribution >= 0.6 is 0 Å². The number of ether oxygens (including phenoxy) is 2. The van der Waals surface area contributed by atoms with Crippen molar-refractivity contribution < 1.29 is 28.6 Å². The lowest BCUT2D eigenvalue weighted by atomic mass is 9.96. The molecule has 1 N–H and O–H groups in total. The second-order valence-electron chi connectivity index (χ2n) is 6.93. The Labute approximate surface area is 128 Å². The maximum absolute atomic E-state index is 14.1. The molecule has 2 saturated heterocycles. The van der Waals surface area contributed by atoms with Crippen LogP contribution in [-0.2, 0) is 19.1 Å². The molecule has 3 aliphatic rings. The molecule has 5 atom stereocenters. The number of carboxylic acid groups (broad SMARTS) is 1. The highest BCUT2D eigenvalue weighted by Crippen LogP contribution is 2.45. The Bertz CT molecular complexity index is 483. The van der Waals surface area contributed by atoms with Crippen LogP contribution in [0.25, 0.3) is 0 Å². The van der Waals surface area contributed by atoms with E-state index in [1.165, 1.54) is 4.90 Å². The number of piperidine rings is 1. The number of amides is 1. The molecule has 0 spiro atoms. The number of carbonyl (C=O) groups excluding carboxylic acids is 1. The van der Waals surface area contributed by atoms with E-state index < -0.39 is 35.8 Å². The standard InChI is InChI=1S/C15H22FNO5/c1-15(2)10(21-3-4-22-15)6-11(18)17-7-8-5-9(16)13(17)12(8)14(19)20/h8-10,12-13H,3-7H2,1-2H3,(H,19,20)/t8-,9-,10?,12-,13-/m0/s1. The molecule has 0 radical (unpaired) electrons. The van der Waals surface area contributed by atoms with E-state index in [9.17, 15) is 19.1 Å². The summed E-state index contributed by atoms with van der Waals surface area (Å²) in [5.74, 6) is -2.32. The molecule has 124 valence electrons. The zero-order valence-corrected chi connectivity index (χ0v) is 12.8. The van der Waals surface area contributed by atoms with Crippen LogP contribution < -0.4 is 0 Å². The van der Waals surface area contributed by atoms with Gasteiger partial charge in [-0.25, -0.2) is 4.39 Å². The molecule has 0 aromatic heterocycles. The van der Waals surface area contributed by atoms with E-state index in [0.717, 1.165) is 0 Å². The van der Waals surface area contributed by atoms with Gasteiger partial charge in [0.15, 0.2) is 0 Å². The summed E-state index contributed by atoms with van der Waals surface area (Å²) in [6.07, 6.45) is -1.32. The SMILES string of the molecule is CC1(C)OCCOC1CC(=O)N1C[C@@H]2C[C@H](F)[C@H]1[C@H]2C(=O)O. The minimum Gasteiger partial charge on any atom is -0.481 e. The lowest BCUT2D eigenvalue weighted by Gasteiger charge is -2.39. The first-order valence-electron chi connectivity index (χ1n) is 7.73. The van der Waals surface area contributed by atoms with Crippen LogP contribution in [0.1, 0.15) is 26.7 Å². The van der Waals surface area contributed by atoms with Gasteiger partial charge in [-0.15, -0.1) is 0 Å². The molecule has 2 heterocycles. The summed E-state index contributed by atoms with van der Waals surface area (Å²) in [5, 5.41) is 9.27. The van der Waals surface area contributed by atoms with Gasteiger partial charge in [0, 0.05) is 6.54 Å². The Balaban J connectivity index is 1.70. The van der Waals surface area contributed by atoms with Crippen molar-refractivity contribution in [2.45, 2.75) is 50.6 Å². The summed E-state index contributed by atoms with van der Waals surface area (Å²) < 4.78 is 25.3. The molecule has 1 amide bonds. The van der Waals surface area contributed by atoms with E-state index in [1.807, 2.05) is 13.8 Å². The predicted molar refractivity (Wildman–Crippen MR) is 74.0 cm³/mol. The van der Waals surface area contributed by atoms with Crippen LogP contribution in [0.3, 0.4) is 0 Å². The van der Waals surface area contributed by atoms with Gasteiger partial charge in [-0.1, -0.05) is 0 Å². The van der Waals surface area contributed by atoms with Crippen molar-refractivity contribution in [3.63, 3.8) is 0 Å². The average Bonchev–Trinajstić information content (AvgIpc) is 2.95. The summed E-state index contributed by atoms with van der Waals surface area (Å²) >= 11 is 0. The Morgan fingerprint density at radius 1 is 1.36 bits per heavy atom. The van der Waals surface area contributed by atoms with Gasteiger partial charge >= 0.3 is 5.97 Å². The third kappa shape index (κ3) is 2.50. The van der Waals surface area contributed by atoms with Crippen molar-refractivity contribution in [2.75, 3.05) is 19.8 Å². The number of halogens is 1. The molecule has 2 bridgehead atoms. The minimum absolute atomic E-state index is 0.0925. The van der Waals surface area contributed by atoms with Crippen LogP contribution in [-0.4, -0.2) is 65.6 Å². The molecule has 2 aliphatic heterocycles. The lowest BCUT2D eigenvalue weighted by molar-refractivity contribution is -0.192. The maximum atomic E-state index is 14.1. The number of carbonyl (C=O) groups is 2. The van der Waals surface area contributed by atoms with Crippen molar-refractivity contribution in [1.29, 1.82) is 0 Å². The molecule has 0 aromatic carbocycles. The van der Waals surface area contributed by atoms with Crippen molar-refractivity contribution in [3.8, 4) is 0 Å². The molecule has 1 aliphatic carbocycles. The third-order valence-corrected chi connectivity index (χ3v) is 5.18. The molecule has 0 aromatic rings. The third-order valence-electron chi connectivity index (χ3n) is 5.18. The number of nitrogens with zero attached hydrogens (tertiary/aromatic N) is 1. The van der Waals surface area contributed by atoms with E-state index in [1.54, 1.807) is 0 Å². The number of likely N-dealkylation sites (tertiary alicyclic amines) is 1. The van der Waals surface area contributed by atoms with E-state index in [0.29, 0.717) is 19.8 Å². The smallest absolute Gasteiger partial charge is 0.309 e. The highest BCUT2D eigenvalue weighted by molar-refractivity contribution is 5.81. The van der Waals surface area contributed by atoms with Crippen LogP contribution in [0.4, 0.5) is 4.39 Å². The van der Waals surface area contributed by atoms with Gasteiger partial charge in [0.2, 0.25) is 5.91 Å². The largest absolute Gasteiger partial charge is 0.481 e. The van der Waals surface area contributed by atoms with E-state index in [4.69, 9.17) is 9.47 Å². The Hall–Kier alpha value is -1.21. The zero-order chi connectivity index (χ0) is 16.1. The van der Waals surface area contributed by atoms with Gasteiger partial charge in [-0.2, -0.15) is 0 Å². The first kappa shape index (κ1) is 15.7. The van der Waals surface area contributed by atoms with E-state index >= 15 is 0 Å². The zero-order valence-electron chi connectivity index (χ0n) is 12.8. The van der Waals surface area contributed by atoms with E-state index in [-0.39, 0.29) is 24.7 Å². The molecule has 1 saturated carbocycles. The minimum atomic E-state index is -1.25.